The van der Waals surface area contributed by atoms with Gasteiger partial charge in [0, 0.05) is 22.6 Å². The number of primary amides is 1. The molecule has 4 nitrogen and oxygen atoms in total. The second kappa shape index (κ2) is 9.21. The van der Waals surface area contributed by atoms with Gasteiger partial charge in [-0.05, 0) is 37.1 Å². The Balaban J connectivity index is 0.00000256. The first-order valence-corrected chi connectivity index (χ1v) is 11.6. The monoisotopic (exact) mass is 445 g/mol. The van der Waals surface area contributed by atoms with E-state index in [1.165, 1.54) is 36.5 Å². The molecule has 1 unspecified atom stereocenters. The third kappa shape index (κ3) is 4.20. The number of nitrogens with zero attached hydrogens (tertiary/aromatic N) is 2. The van der Waals surface area contributed by atoms with E-state index < -0.39 is 0 Å². The summed E-state index contributed by atoms with van der Waals surface area (Å²) in [4.78, 5) is 17.4. The summed E-state index contributed by atoms with van der Waals surface area (Å²) in [5.41, 5.74) is 9.95. The Labute approximate surface area is 190 Å². The van der Waals surface area contributed by atoms with E-state index >= 15 is 0 Å². The van der Waals surface area contributed by atoms with Crippen LogP contribution in [0, 0.1) is 0 Å². The van der Waals surface area contributed by atoms with Crippen LogP contribution in [0.3, 0.4) is 0 Å². The summed E-state index contributed by atoms with van der Waals surface area (Å²) in [5, 5.41) is 0. The van der Waals surface area contributed by atoms with Crippen molar-refractivity contribution in [3.8, 4) is 0 Å². The molecule has 1 atom stereocenters. The minimum Gasteiger partial charge on any atom is -1.00 e. The molecule has 1 amide bonds. The molecule has 6 heteroatoms. The van der Waals surface area contributed by atoms with Crippen molar-refractivity contribution in [2.45, 2.75) is 55.4 Å². The number of amides is 1. The van der Waals surface area contributed by atoms with Crippen LogP contribution in [0.4, 0.5) is 11.4 Å². The van der Waals surface area contributed by atoms with Crippen LogP contribution in [-0.4, -0.2) is 43.1 Å². The first kappa shape index (κ1) is 23.0. The summed E-state index contributed by atoms with van der Waals surface area (Å²) in [7, 11) is 2.37. The van der Waals surface area contributed by atoms with E-state index in [4.69, 9.17) is 5.73 Å². The van der Waals surface area contributed by atoms with Crippen molar-refractivity contribution in [3.05, 3.63) is 47.5 Å². The molecule has 2 aliphatic heterocycles. The molecule has 162 valence electrons. The Morgan fingerprint density at radius 2 is 1.87 bits per heavy atom. The Morgan fingerprint density at radius 1 is 1.17 bits per heavy atom. The molecule has 0 aromatic heterocycles. The molecule has 2 aromatic carbocycles. The summed E-state index contributed by atoms with van der Waals surface area (Å²) in [6, 6.07) is 13.1. The van der Waals surface area contributed by atoms with Crippen LogP contribution in [0.2, 0.25) is 0 Å². The minimum absolute atomic E-state index is 0. The van der Waals surface area contributed by atoms with E-state index in [0.717, 1.165) is 40.0 Å². The highest BCUT2D eigenvalue weighted by molar-refractivity contribution is 7.99. The highest BCUT2D eigenvalue weighted by Crippen LogP contribution is 2.51. The van der Waals surface area contributed by atoms with Gasteiger partial charge in [-0.25, -0.2) is 0 Å². The number of rotatable bonds is 6. The molecule has 2 aliphatic rings. The molecule has 4 rings (SSSR count). The quantitative estimate of drug-likeness (QED) is 0.691. The SMILES string of the molecule is CCCc1ccc2c(c1C(N)=O)N(C(C)C[N+]1(C)CCCC1)c1ccccc1S2.[Cl-]. The van der Waals surface area contributed by atoms with Gasteiger partial charge in [-0.1, -0.05) is 43.3 Å². The lowest BCUT2D eigenvalue weighted by Crippen LogP contribution is -3.00. The fourth-order valence-corrected chi connectivity index (χ4v) is 6.22. The van der Waals surface area contributed by atoms with Crippen molar-refractivity contribution >= 4 is 29.0 Å². The van der Waals surface area contributed by atoms with Crippen molar-refractivity contribution < 1.29 is 21.7 Å². The number of aryl methyl sites for hydroxylation is 1. The zero-order chi connectivity index (χ0) is 20.6. The molecule has 0 saturated carbocycles. The molecule has 0 bridgehead atoms. The molecule has 2 heterocycles. The van der Waals surface area contributed by atoms with Crippen molar-refractivity contribution in [2.24, 2.45) is 5.73 Å². The maximum absolute atomic E-state index is 12.6. The molecule has 0 aliphatic carbocycles. The number of benzene rings is 2. The molecule has 30 heavy (non-hydrogen) atoms. The minimum atomic E-state index is -0.316. The zero-order valence-corrected chi connectivity index (χ0v) is 19.7. The molecular formula is C24H32ClN3OS. The van der Waals surface area contributed by atoms with Crippen molar-refractivity contribution in [1.82, 2.24) is 0 Å². The zero-order valence-electron chi connectivity index (χ0n) is 18.2. The average molecular weight is 446 g/mol. The normalized spacial score (nSPS) is 17.6. The number of para-hydroxylation sites is 1. The number of anilines is 2. The van der Waals surface area contributed by atoms with Crippen LogP contribution in [-0.2, 0) is 6.42 Å². The van der Waals surface area contributed by atoms with Gasteiger partial charge in [0.05, 0.1) is 49.7 Å². The van der Waals surface area contributed by atoms with Gasteiger partial charge in [-0.3, -0.25) is 4.79 Å². The third-order valence-electron chi connectivity index (χ3n) is 6.37. The number of likely N-dealkylation sites (N-methyl/N-ethyl adjacent to an activating group) is 1. The molecule has 2 N–H and O–H groups in total. The largest absolute Gasteiger partial charge is 1.00 e. The lowest BCUT2D eigenvalue weighted by atomic mass is 9.98. The predicted octanol–water partition coefficient (Wildman–Crippen LogP) is 1.97. The number of halogens is 1. The maximum atomic E-state index is 12.6. The number of carbonyl (C=O) groups excluding carboxylic acids is 1. The standard InChI is InChI=1S/C24H31N3OS.ClH/c1-4-9-18-12-13-21-23(22(18)24(25)28)26(19-10-5-6-11-20(19)29-21)17(2)16-27(3)14-7-8-15-27;/h5-6,10-13,17H,4,7-9,14-16H2,1-3H3,(H-,25,28);1H. The van der Waals surface area contributed by atoms with Crippen LogP contribution in [0.25, 0.3) is 0 Å². The van der Waals surface area contributed by atoms with Gasteiger partial charge in [0.2, 0.25) is 0 Å². The van der Waals surface area contributed by atoms with Gasteiger partial charge in [-0.15, -0.1) is 0 Å². The summed E-state index contributed by atoms with van der Waals surface area (Å²) < 4.78 is 1.10. The number of nitrogens with two attached hydrogens (primary N) is 1. The molecular weight excluding hydrogens is 414 g/mol. The number of hydrogen-bond donors (Lipinski definition) is 1. The Bertz CT molecular complexity index is 927. The number of quaternary nitrogens is 1. The number of hydrogen-bond acceptors (Lipinski definition) is 3. The van der Waals surface area contributed by atoms with E-state index in [9.17, 15) is 4.79 Å². The lowest BCUT2D eigenvalue weighted by molar-refractivity contribution is -0.898. The van der Waals surface area contributed by atoms with E-state index in [0.29, 0.717) is 5.56 Å². The van der Waals surface area contributed by atoms with E-state index in [-0.39, 0.29) is 24.4 Å². The average Bonchev–Trinajstić information content (AvgIpc) is 3.11. The highest BCUT2D eigenvalue weighted by atomic mass is 35.5. The van der Waals surface area contributed by atoms with Gasteiger partial charge < -0.3 is 27.5 Å². The number of likely N-dealkylation sites (tertiary alicyclic amines) is 1. The molecule has 0 radical (unpaired) electrons. The van der Waals surface area contributed by atoms with Gasteiger partial charge in [-0.2, -0.15) is 0 Å². The summed E-state index contributed by atoms with van der Waals surface area (Å²) in [6.45, 7) is 7.98. The van der Waals surface area contributed by atoms with Crippen LogP contribution in [0.1, 0.15) is 49.0 Å². The van der Waals surface area contributed by atoms with Crippen LogP contribution >= 0.6 is 11.8 Å². The van der Waals surface area contributed by atoms with E-state index in [1.54, 1.807) is 11.8 Å². The fraction of sp³-hybridized carbons (Fsp3) is 0.458. The Hall–Kier alpha value is -1.69. The first-order valence-electron chi connectivity index (χ1n) is 10.8. The first-order chi connectivity index (χ1) is 13.9. The van der Waals surface area contributed by atoms with Crippen molar-refractivity contribution in [3.63, 3.8) is 0 Å². The topological polar surface area (TPSA) is 46.3 Å². The molecule has 1 fully saturated rings. The van der Waals surface area contributed by atoms with Crippen LogP contribution in [0.5, 0.6) is 0 Å². The lowest BCUT2D eigenvalue weighted by Gasteiger charge is -2.42. The number of carbonyl (C=O) groups is 1. The molecule has 2 aromatic rings. The summed E-state index contributed by atoms with van der Waals surface area (Å²) in [6.07, 6.45) is 4.47. The van der Waals surface area contributed by atoms with Gasteiger partial charge >= 0.3 is 0 Å². The van der Waals surface area contributed by atoms with Crippen LogP contribution in [0.15, 0.2) is 46.2 Å². The second-order valence-corrected chi connectivity index (χ2v) is 9.89. The smallest absolute Gasteiger partial charge is 0.251 e. The maximum Gasteiger partial charge on any atom is 0.251 e. The van der Waals surface area contributed by atoms with Gasteiger partial charge in [0.15, 0.2) is 0 Å². The highest BCUT2D eigenvalue weighted by Gasteiger charge is 2.36. The molecule has 0 spiro atoms. The Kier molecular flexibility index (Phi) is 7.05. The Morgan fingerprint density at radius 3 is 2.53 bits per heavy atom. The third-order valence-corrected chi connectivity index (χ3v) is 7.48. The summed E-state index contributed by atoms with van der Waals surface area (Å²) in [5.74, 6) is -0.316. The second-order valence-electron chi connectivity index (χ2n) is 8.81. The van der Waals surface area contributed by atoms with Crippen LogP contribution < -0.4 is 23.0 Å². The summed E-state index contributed by atoms with van der Waals surface area (Å²) >= 11 is 1.75. The van der Waals surface area contributed by atoms with E-state index in [2.05, 4.69) is 62.2 Å². The van der Waals surface area contributed by atoms with E-state index in [1.807, 2.05) is 0 Å². The van der Waals surface area contributed by atoms with Crippen molar-refractivity contribution in [2.75, 3.05) is 31.6 Å². The predicted molar refractivity (Wildman–Crippen MR) is 121 cm³/mol. The van der Waals surface area contributed by atoms with Gasteiger partial charge in [0.1, 0.15) is 0 Å². The van der Waals surface area contributed by atoms with Gasteiger partial charge in [0.25, 0.3) is 5.91 Å². The molecule has 1 saturated heterocycles. The fourth-order valence-electron chi connectivity index (χ4n) is 5.13. The van der Waals surface area contributed by atoms with Crippen molar-refractivity contribution in [1.29, 1.82) is 0 Å². The number of fused-ring (bicyclic) bond motifs is 2.